The average Bonchev–Trinajstić information content (AvgIpc) is 3.39. The first-order chi connectivity index (χ1) is 17.1. The largest absolute Gasteiger partial charge is 0.327 e. The number of amides is 3. The number of likely N-dealkylation sites (N-methyl/N-ethyl adjacent to an activating group) is 1. The molecule has 1 saturated heterocycles. The predicted molar refractivity (Wildman–Crippen MR) is 130 cm³/mol. The lowest BCUT2D eigenvalue weighted by Crippen LogP contribution is -2.53. The number of para-hydroxylation sites is 1. The second-order valence-corrected chi connectivity index (χ2v) is 9.76. The highest BCUT2D eigenvalue weighted by Gasteiger charge is 2.59. The number of ketones is 1. The van der Waals surface area contributed by atoms with E-state index in [1.54, 1.807) is 12.1 Å². The Morgan fingerprint density at radius 1 is 1.19 bits per heavy atom. The van der Waals surface area contributed by atoms with Gasteiger partial charge in [-0.05, 0) is 48.2 Å². The summed E-state index contributed by atoms with van der Waals surface area (Å²) in [7, 11) is 1.38. The molecule has 3 atom stereocenters. The van der Waals surface area contributed by atoms with E-state index in [1.165, 1.54) is 24.1 Å². The normalized spacial score (nSPS) is 21.2. The topological polar surface area (TPSA) is 91.2 Å². The molecule has 2 aromatic rings. The molecule has 8 nitrogen and oxygen atoms in total. The number of rotatable bonds is 6. The Balaban J connectivity index is 1.63. The van der Waals surface area contributed by atoms with E-state index in [9.17, 15) is 23.6 Å². The van der Waals surface area contributed by atoms with Gasteiger partial charge in [-0.2, -0.15) is 0 Å². The Labute approximate surface area is 208 Å². The van der Waals surface area contributed by atoms with E-state index in [4.69, 9.17) is 6.57 Å². The molecule has 2 aliphatic heterocycles. The van der Waals surface area contributed by atoms with Crippen molar-refractivity contribution < 1.29 is 23.6 Å². The van der Waals surface area contributed by atoms with Gasteiger partial charge < -0.3 is 10.2 Å². The van der Waals surface area contributed by atoms with Gasteiger partial charge in [0, 0.05) is 24.8 Å². The predicted octanol–water partition coefficient (Wildman–Crippen LogP) is 3.25. The maximum Gasteiger partial charge on any atom is 0.302 e. The summed E-state index contributed by atoms with van der Waals surface area (Å²) in [6, 6.07) is 10.8. The SMILES string of the molecule is [C-]#[N+][C@@H]1C[C@@]2(CN1C(=O)[C@H](CC(C)C)N(C)C(=O)C(=O)c1ccc(F)cc1)C(=O)Nc1ccccc12. The van der Waals surface area contributed by atoms with Gasteiger partial charge in [-0.15, -0.1) is 0 Å². The van der Waals surface area contributed by atoms with Gasteiger partial charge in [-0.25, -0.2) is 11.0 Å². The number of Topliss-reactive ketones (excluding diaryl/α,β-unsaturated/α-hetero) is 1. The molecule has 0 bridgehead atoms. The Kier molecular flexibility index (Phi) is 6.63. The number of anilines is 1. The summed E-state index contributed by atoms with van der Waals surface area (Å²) < 4.78 is 13.3. The van der Waals surface area contributed by atoms with Gasteiger partial charge in [0.15, 0.2) is 0 Å². The number of nitrogens with zero attached hydrogens (tertiary/aromatic N) is 3. The Bertz CT molecular complexity index is 1270. The summed E-state index contributed by atoms with van der Waals surface area (Å²) in [5, 5.41) is 2.86. The van der Waals surface area contributed by atoms with Crippen LogP contribution < -0.4 is 5.32 Å². The number of carbonyl (C=O) groups is 4. The number of fused-ring (bicyclic) bond motifs is 2. The fraction of sp³-hybridized carbons (Fsp3) is 0.370. The third kappa shape index (κ3) is 4.24. The third-order valence-corrected chi connectivity index (χ3v) is 6.96. The van der Waals surface area contributed by atoms with E-state index in [-0.39, 0.29) is 36.8 Å². The summed E-state index contributed by atoms with van der Waals surface area (Å²) in [6.07, 6.45) is -0.485. The number of nitrogens with one attached hydrogen (secondary N) is 1. The van der Waals surface area contributed by atoms with Crippen LogP contribution in [0.25, 0.3) is 4.85 Å². The van der Waals surface area contributed by atoms with Gasteiger partial charge in [-0.1, -0.05) is 32.0 Å². The molecule has 3 amide bonds. The smallest absolute Gasteiger partial charge is 0.302 e. The van der Waals surface area contributed by atoms with Crippen LogP contribution in [0.5, 0.6) is 0 Å². The fourth-order valence-electron chi connectivity index (χ4n) is 5.05. The Morgan fingerprint density at radius 2 is 1.86 bits per heavy atom. The van der Waals surface area contributed by atoms with Crippen molar-refractivity contribution in [1.29, 1.82) is 0 Å². The zero-order chi connectivity index (χ0) is 26.2. The van der Waals surface area contributed by atoms with Gasteiger partial charge in [0.1, 0.15) is 17.3 Å². The van der Waals surface area contributed by atoms with Gasteiger partial charge in [0.2, 0.25) is 11.7 Å². The van der Waals surface area contributed by atoms with E-state index in [0.717, 1.165) is 22.6 Å². The maximum absolute atomic E-state index is 13.9. The molecule has 0 radical (unpaired) electrons. The monoisotopic (exact) mass is 490 g/mol. The number of halogens is 1. The van der Waals surface area contributed by atoms with Gasteiger partial charge >= 0.3 is 6.17 Å². The van der Waals surface area contributed by atoms with Crippen LogP contribution in [-0.4, -0.2) is 59.1 Å². The third-order valence-electron chi connectivity index (χ3n) is 6.96. The van der Waals surface area contributed by atoms with E-state index in [1.807, 2.05) is 26.0 Å². The molecule has 2 heterocycles. The summed E-state index contributed by atoms with van der Waals surface area (Å²) in [4.78, 5) is 58.9. The first-order valence-corrected chi connectivity index (χ1v) is 11.7. The lowest BCUT2D eigenvalue weighted by molar-refractivity contribution is -0.143. The molecular weight excluding hydrogens is 463 g/mol. The van der Waals surface area contributed by atoms with Crippen LogP contribution in [0.15, 0.2) is 48.5 Å². The molecular formula is C27H27FN4O4. The Morgan fingerprint density at radius 3 is 2.50 bits per heavy atom. The molecule has 1 fully saturated rings. The molecule has 0 saturated carbocycles. The van der Waals surface area contributed by atoms with Gasteiger partial charge in [0.25, 0.3) is 11.8 Å². The highest BCUT2D eigenvalue weighted by Crippen LogP contribution is 2.47. The van der Waals surface area contributed by atoms with Crippen LogP contribution in [0, 0.1) is 18.3 Å². The van der Waals surface area contributed by atoms with Gasteiger partial charge in [-0.3, -0.25) is 28.9 Å². The first-order valence-electron chi connectivity index (χ1n) is 11.7. The summed E-state index contributed by atoms with van der Waals surface area (Å²) in [6.45, 7) is 11.5. The minimum Gasteiger partial charge on any atom is -0.327 e. The lowest BCUT2D eigenvalue weighted by atomic mass is 9.80. The van der Waals surface area contributed by atoms with Crippen molar-refractivity contribution in [3.05, 3.63) is 76.9 Å². The van der Waals surface area contributed by atoms with E-state index < -0.39 is 41.0 Å². The van der Waals surface area contributed by atoms with Crippen molar-refractivity contribution in [2.75, 3.05) is 18.9 Å². The number of benzene rings is 2. The van der Waals surface area contributed by atoms with Crippen molar-refractivity contribution in [2.24, 2.45) is 5.92 Å². The molecule has 0 unspecified atom stereocenters. The average molecular weight is 491 g/mol. The molecule has 2 aromatic carbocycles. The van der Waals surface area contributed by atoms with E-state index >= 15 is 0 Å². The highest BCUT2D eigenvalue weighted by molar-refractivity contribution is 6.43. The zero-order valence-electron chi connectivity index (χ0n) is 20.3. The van der Waals surface area contributed by atoms with E-state index in [2.05, 4.69) is 10.2 Å². The Hall–Kier alpha value is -4.06. The highest BCUT2D eigenvalue weighted by atomic mass is 19.1. The van der Waals surface area contributed by atoms with Gasteiger partial charge in [0.05, 0.1) is 6.42 Å². The molecule has 186 valence electrons. The molecule has 1 N–H and O–H groups in total. The van der Waals surface area contributed by atoms with Crippen LogP contribution in [-0.2, 0) is 19.8 Å². The van der Waals surface area contributed by atoms with Crippen molar-refractivity contribution in [3.8, 4) is 0 Å². The van der Waals surface area contributed by atoms with Crippen molar-refractivity contribution in [1.82, 2.24) is 9.80 Å². The number of carbonyl (C=O) groups excluding carboxylic acids is 4. The molecule has 9 heteroatoms. The molecule has 2 aliphatic rings. The lowest BCUT2D eigenvalue weighted by Gasteiger charge is -2.31. The second kappa shape index (κ2) is 9.53. The van der Waals surface area contributed by atoms with Crippen LogP contribution in [0.1, 0.15) is 42.6 Å². The van der Waals surface area contributed by atoms with Crippen LogP contribution in [0.4, 0.5) is 10.1 Å². The maximum atomic E-state index is 13.9. The number of hydrogen-bond donors (Lipinski definition) is 1. The molecule has 0 aliphatic carbocycles. The fourth-order valence-corrected chi connectivity index (χ4v) is 5.05. The summed E-state index contributed by atoms with van der Waals surface area (Å²) >= 11 is 0. The zero-order valence-corrected chi connectivity index (χ0v) is 20.3. The standard InChI is InChI=1S/C27H27FN4O4/c1-16(2)13-21(31(4)25(35)23(33)17-9-11-18(28)12-10-17)24(34)32-15-27(14-22(32)29-3)19-7-5-6-8-20(19)30-26(27)36/h5-12,16,21-22H,13-15H2,1-2,4H3,(H,30,36)/t21-,22-,27-/m0/s1. The van der Waals surface area contributed by atoms with Crippen LogP contribution in [0.3, 0.4) is 0 Å². The minimum atomic E-state index is -1.05. The summed E-state index contributed by atoms with van der Waals surface area (Å²) in [5.41, 5.74) is 0.380. The molecule has 0 aromatic heterocycles. The van der Waals surface area contributed by atoms with Crippen molar-refractivity contribution >= 4 is 29.2 Å². The molecule has 36 heavy (non-hydrogen) atoms. The molecule has 4 rings (SSSR count). The number of likely N-dealkylation sites (tertiary alicyclic amines) is 1. The summed E-state index contributed by atoms with van der Waals surface area (Å²) in [5.74, 6) is -3.05. The van der Waals surface area contributed by atoms with Crippen LogP contribution >= 0.6 is 0 Å². The molecule has 1 spiro atoms. The second-order valence-electron chi connectivity index (χ2n) is 9.76. The minimum absolute atomic E-state index is 0.00423. The quantitative estimate of drug-likeness (QED) is 0.382. The number of hydrogen-bond acceptors (Lipinski definition) is 4. The van der Waals surface area contributed by atoms with Crippen LogP contribution in [0.2, 0.25) is 0 Å². The van der Waals surface area contributed by atoms with E-state index in [0.29, 0.717) is 5.69 Å². The van der Waals surface area contributed by atoms with Crippen molar-refractivity contribution in [3.63, 3.8) is 0 Å². The van der Waals surface area contributed by atoms with Crippen molar-refractivity contribution in [2.45, 2.75) is 44.3 Å². The first kappa shape index (κ1) is 25.0.